The van der Waals surface area contributed by atoms with E-state index in [1.807, 2.05) is 38.1 Å². The molecule has 0 aliphatic heterocycles. The van der Waals surface area contributed by atoms with E-state index in [1.54, 1.807) is 30.3 Å². The lowest BCUT2D eigenvalue weighted by molar-refractivity contribution is -0.119. The van der Waals surface area contributed by atoms with Gasteiger partial charge in [0, 0.05) is 6.54 Å². The molecule has 0 saturated carbocycles. The van der Waals surface area contributed by atoms with Crippen molar-refractivity contribution in [3.63, 3.8) is 0 Å². The highest BCUT2D eigenvalue weighted by Gasteiger charge is 2.26. The minimum atomic E-state index is -3.84. The van der Waals surface area contributed by atoms with Crippen LogP contribution in [0.4, 0.5) is 5.69 Å². The van der Waals surface area contributed by atoms with Crippen LogP contribution in [-0.2, 0) is 14.8 Å². The first kappa shape index (κ1) is 20.9. The van der Waals surface area contributed by atoms with Crippen LogP contribution in [0.25, 0.3) is 0 Å². The molecule has 2 rings (SSSR count). The highest BCUT2D eigenvalue weighted by molar-refractivity contribution is 7.92. The second kappa shape index (κ2) is 9.53. The molecule has 0 aliphatic carbocycles. The van der Waals surface area contributed by atoms with Gasteiger partial charge in [0.1, 0.15) is 6.54 Å². The van der Waals surface area contributed by atoms with Gasteiger partial charge in [-0.05, 0) is 58.3 Å². The first-order valence-electron chi connectivity index (χ1n) is 8.86. The summed E-state index contributed by atoms with van der Waals surface area (Å²) in [5, 5.41) is 2.80. The van der Waals surface area contributed by atoms with Crippen LogP contribution in [0.5, 0.6) is 0 Å². The third kappa shape index (κ3) is 6.08. The van der Waals surface area contributed by atoms with Gasteiger partial charge >= 0.3 is 0 Å². The second-order valence-corrected chi connectivity index (χ2v) is 8.53. The summed E-state index contributed by atoms with van der Waals surface area (Å²) in [5.41, 5.74) is 1.48. The minimum Gasteiger partial charge on any atom is -0.354 e. The molecule has 0 fully saturated rings. The summed E-state index contributed by atoms with van der Waals surface area (Å²) in [6.07, 6.45) is 0.800. The van der Waals surface area contributed by atoms with E-state index in [2.05, 4.69) is 5.32 Å². The monoisotopic (exact) mass is 389 g/mol. The van der Waals surface area contributed by atoms with Crippen molar-refractivity contribution in [1.82, 2.24) is 10.2 Å². The standard InChI is InChI=1S/C20H27N3O3S/c1-17-10-12-18(13-11-17)23(16-20(24)21-14-7-15-22(2)3)27(25,26)19-8-5-4-6-9-19/h4-6,8-13H,7,14-16H2,1-3H3,(H,21,24). The first-order valence-corrected chi connectivity index (χ1v) is 10.3. The van der Waals surface area contributed by atoms with E-state index in [-0.39, 0.29) is 17.3 Å². The molecule has 0 unspecified atom stereocenters. The average Bonchev–Trinajstić information content (AvgIpc) is 2.64. The van der Waals surface area contributed by atoms with Crippen LogP contribution in [0.15, 0.2) is 59.5 Å². The number of hydrogen-bond acceptors (Lipinski definition) is 4. The fraction of sp³-hybridized carbons (Fsp3) is 0.350. The summed E-state index contributed by atoms with van der Waals surface area (Å²) < 4.78 is 27.4. The molecule has 6 nitrogen and oxygen atoms in total. The molecular formula is C20H27N3O3S. The SMILES string of the molecule is Cc1ccc(N(CC(=O)NCCCN(C)C)S(=O)(=O)c2ccccc2)cc1. The van der Waals surface area contributed by atoms with Crippen LogP contribution in [-0.4, -0.2) is 53.0 Å². The Kier molecular flexibility index (Phi) is 7.38. The number of sulfonamides is 1. The molecule has 7 heteroatoms. The van der Waals surface area contributed by atoms with Crippen LogP contribution in [0.2, 0.25) is 0 Å². The lowest BCUT2D eigenvalue weighted by atomic mass is 10.2. The zero-order valence-electron chi connectivity index (χ0n) is 16.1. The lowest BCUT2D eigenvalue weighted by Gasteiger charge is -2.24. The van der Waals surface area contributed by atoms with Gasteiger partial charge in [-0.1, -0.05) is 35.9 Å². The Morgan fingerprint density at radius 3 is 2.22 bits per heavy atom. The number of hydrogen-bond donors (Lipinski definition) is 1. The van der Waals surface area contributed by atoms with Gasteiger partial charge in [0.25, 0.3) is 10.0 Å². The second-order valence-electron chi connectivity index (χ2n) is 6.67. The van der Waals surface area contributed by atoms with Crippen molar-refractivity contribution in [3.8, 4) is 0 Å². The molecule has 1 amide bonds. The Morgan fingerprint density at radius 1 is 1.00 bits per heavy atom. The Hall–Kier alpha value is -2.38. The minimum absolute atomic E-state index is 0.158. The lowest BCUT2D eigenvalue weighted by Crippen LogP contribution is -2.41. The molecule has 2 aromatic carbocycles. The van der Waals surface area contributed by atoms with E-state index >= 15 is 0 Å². The van der Waals surface area contributed by atoms with Crippen molar-refractivity contribution in [3.05, 3.63) is 60.2 Å². The number of carbonyl (C=O) groups is 1. The van der Waals surface area contributed by atoms with Crippen LogP contribution < -0.4 is 9.62 Å². The molecule has 27 heavy (non-hydrogen) atoms. The van der Waals surface area contributed by atoms with Crippen molar-refractivity contribution >= 4 is 21.6 Å². The van der Waals surface area contributed by atoms with E-state index in [0.29, 0.717) is 12.2 Å². The zero-order valence-corrected chi connectivity index (χ0v) is 16.9. The quantitative estimate of drug-likeness (QED) is 0.668. The van der Waals surface area contributed by atoms with Crippen LogP contribution in [0, 0.1) is 6.92 Å². The third-order valence-corrected chi connectivity index (χ3v) is 5.83. The van der Waals surface area contributed by atoms with Gasteiger partial charge in [0.2, 0.25) is 5.91 Å². The maximum atomic E-state index is 13.1. The maximum absolute atomic E-state index is 13.1. The summed E-state index contributed by atoms with van der Waals surface area (Å²) in [7, 11) is 0.0895. The molecule has 1 N–H and O–H groups in total. The number of amides is 1. The number of nitrogens with zero attached hydrogens (tertiary/aromatic N) is 2. The molecule has 0 saturated heterocycles. The van der Waals surface area contributed by atoms with E-state index in [4.69, 9.17) is 0 Å². The number of benzene rings is 2. The summed E-state index contributed by atoms with van der Waals surface area (Å²) >= 11 is 0. The highest BCUT2D eigenvalue weighted by atomic mass is 32.2. The largest absolute Gasteiger partial charge is 0.354 e. The van der Waals surface area contributed by atoms with E-state index in [1.165, 1.54) is 12.1 Å². The highest BCUT2D eigenvalue weighted by Crippen LogP contribution is 2.23. The van der Waals surface area contributed by atoms with Gasteiger partial charge in [-0.3, -0.25) is 9.10 Å². The molecular weight excluding hydrogens is 362 g/mol. The summed E-state index contributed by atoms with van der Waals surface area (Å²) in [6.45, 7) is 3.02. The zero-order chi connectivity index (χ0) is 19.9. The van der Waals surface area contributed by atoms with Crippen LogP contribution in [0.1, 0.15) is 12.0 Å². The van der Waals surface area contributed by atoms with Crippen molar-refractivity contribution in [1.29, 1.82) is 0 Å². The molecule has 0 heterocycles. The fourth-order valence-electron chi connectivity index (χ4n) is 2.56. The third-order valence-electron chi connectivity index (χ3n) is 4.04. The van der Waals surface area contributed by atoms with Crippen molar-refractivity contribution in [2.45, 2.75) is 18.2 Å². The van der Waals surface area contributed by atoms with Gasteiger partial charge < -0.3 is 10.2 Å². The summed E-state index contributed by atoms with van der Waals surface area (Å²) in [5.74, 6) is -0.325. The number of rotatable bonds is 9. The topological polar surface area (TPSA) is 69.7 Å². The van der Waals surface area contributed by atoms with Crippen LogP contribution in [0.3, 0.4) is 0 Å². The maximum Gasteiger partial charge on any atom is 0.264 e. The Labute approximate surface area is 161 Å². The summed E-state index contributed by atoms with van der Waals surface area (Å²) in [6, 6.07) is 15.3. The Morgan fingerprint density at radius 2 is 1.63 bits per heavy atom. The van der Waals surface area contributed by atoms with Gasteiger partial charge in [-0.15, -0.1) is 0 Å². The van der Waals surface area contributed by atoms with Crippen molar-refractivity contribution in [2.24, 2.45) is 0 Å². The predicted octanol–water partition coefficient (Wildman–Crippen LogP) is 2.26. The Bertz CT molecular complexity index is 835. The molecule has 0 radical (unpaired) electrons. The van der Waals surface area contributed by atoms with Gasteiger partial charge in [-0.2, -0.15) is 0 Å². The van der Waals surface area contributed by atoms with Gasteiger partial charge in [0.15, 0.2) is 0 Å². The fourth-order valence-corrected chi connectivity index (χ4v) is 4.00. The van der Waals surface area contributed by atoms with E-state index < -0.39 is 10.0 Å². The number of aryl methyl sites for hydroxylation is 1. The molecule has 146 valence electrons. The molecule has 2 aromatic rings. The first-order chi connectivity index (χ1) is 12.8. The number of nitrogens with one attached hydrogen (secondary N) is 1. The molecule has 0 aromatic heterocycles. The van der Waals surface area contributed by atoms with Gasteiger partial charge in [-0.25, -0.2) is 8.42 Å². The van der Waals surface area contributed by atoms with Crippen LogP contribution >= 0.6 is 0 Å². The van der Waals surface area contributed by atoms with Crippen molar-refractivity contribution in [2.75, 3.05) is 38.0 Å². The van der Waals surface area contributed by atoms with Crippen molar-refractivity contribution < 1.29 is 13.2 Å². The van der Waals surface area contributed by atoms with Gasteiger partial charge in [0.05, 0.1) is 10.6 Å². The summed E-state index contributed by atoms with van der Waals surface area (Å²) in [4.78, 5) is 14.6. The number of carbonyl (C=O) groups excluding carboxylic acids is 1. The Balaban J connectivity index is 2.21. The molecule has 0 atom stereocenters. The average molecular weight is 390 g/mol. The normalized spacial score (nSPS) is 11.4. The predicted molar refractivity (Wildman–Crippen MR) is 108 cm³/mol. The molecule has 0 aliphatic rings. The number of anilines is 1. The smallest absolute Gasteiger partial charge is 0.264 e. The molecule has 0 spiro atoms. The van der Waals surface area contributed by atoms with E-state index in [9.17, 15) is 13.2 Å². The molecule has 0 bridgehead atoms. The van der Waals surface area contributed by atoms with E-state index in [0.717, 1.165) is 22.8 Å².